The molecule has 3 unspecified atom stereocenters. The predicted molar refractivity (Wildman–Crippen MR) is 107 cm³/mol. The van der Waals surface area contributed by atoms with Gasteiger partial charge < -0.3 is 14.9 Å². The zero-order valence-corrected chi connectivity index (χ0v) is 17.6. The molecule has 28 heavy (non-hydrogen) atoms. The Kier molecular flexibility index (Phi) is 8.36. The number of aliphatic hydroxyl groups is 1. The highest BCUT2D eigenvalue weighted by atomic mass is 16.5. The summed E-state index contributed by atoms with van der Waals surface area (Å²) in [6, 6.07) is 0. The fourth-order valence-corrected chi connectivity index (χ4v) is 3.47. The Bertz CT molecular complexity index is 711. The van der Waals surface area contributed by atoms with Gasteiger partial charge in [0.05, 0.1) is 19.1 Å². The van der Waals surface area contributed by atoms with Crippen LogP contribution in [-0.2, 0) is 19.1 Å². The molecule has 2 N–H and O–H groups in total. The molecular weight excluding hydrogens is 360 g/mol. The Balaban J connectivity index is 0.000000283. The van der Waals surface area contributed by atoms with Crippen molar-refractivity contribution in [3.8, 4) is 0 Å². The lowest BCUT2D eigenvalue weighted by atomic mass is 10.1. The lowest BCUT2D eigenvalue weighted by Gasteiger charge is -2.00. The van der Waals surface area contributed by atoms with Gasteiger partial charge in [-0.3, -0.25) is 9.59 Å². The van der Waals surface area contributed by atoms with Crippen molar-refractivity contribution in [3.63, 3.8) is 0 Å². The summed E-state index contributed by atoms with van der Waals surface area (Å²) in [6.45, 7) is 9.31. The number of hydrogen-bond donors (Lipinski definition) is 2. The molecule has 2 aliphatic carbocycles. The molecule has 2 rings (SSSR count). The average Bonchev–Trinajstić information content (AvgIpc) is 3.08. The summed E-state index contributed by atoms with van der Waals surface area (Å²) in [4.78, 5) is 33.3. The highest BCUT2D eigenvalue weighted by Gasteiger charge is 2.61. The number of esters is 1. The Morgan fingerprint density at radius 3 is 2.29 bits per heavy atom. The monoisotopic (exact) mass is 392 g/mol. The molecular formula is C22H32O6. The molecule has 3 atom stereocenters. The summed E-state index contributed by atoms with van der Waals surface area (Å²) in [5.41, 5.74) is 1.86. The normalized spacial score (nSPS) is 26.2. The molecule has 2 aliphatic rings. The van der Waals surface area contributed by atoms with Gasteiger partial charge in [-0.15, -0.1) is 0 Å². The van der Waals surface area contributed by atoms with Crippen molar-refractivity contribution in [2.24, 2.45) is 17.3 Å². The lowest BCUT2D eigenvalue weighted by Crippen LogP contribution is -2.03. The second-order valence-electron chi connectivity index (χ2n) is 7.89. The average molecular weight is 392 g/mol. The highest BCUT2D eigenvalue weighted by Crippen LogP contribution is 2.59. The molecule has 0 aromatic heterocycles. The number of rotatable bonds is 6. The van der Waals surface area contributed by atoms with Crippen LogP contribution in [0.4, 0.5) is 0 Å². The number of carbonyl (C=O) groups is 3. The van der Waals surface area contributed by atoms with E-state index >= 15 is 0 Å². The second-order valence-corrected chi connectivity index (χ2v) is 7.89. The smallest absolute Gasteiger partial charge is 0.333 e. The van der Waals surface area contributed by atoms with Gasteiger partial charge in [-0.2, -0.15) is 0 Å². The molecule has 1 saturated carbocycles. The Labute approximate surface area is 167 Å². The molecule has 6 nitrogen and oxygen atoms in total. The standard InChI is InChI=1S/C11H16O4.C11H16O2/c1-6(10(14)15-4)5-7-8(9(12)13)11(7,2)3;1-3-4-5-6-9-8(2)10(12)7-11(9)13/h5,7-8H,1-4H3,(H,12,13);4-5,10,12H,3,6-7H2,1-2H3/b6-5+;5-4+. The van der Waals surface area contributed by atoms with Crippen molar-refractivity contribution in [2.75, 3.05) is 7.11 Å². The maximum absolute atomic E-state index is 11.3. The van der Waals surface area contributed by atoms with Gasteiger partial charge >= 0.3 is 11.9 Å². The van der Waals surface area contributed by atoms with Crippen molar-refractivity contribution in [3.05, 3.63) is 34.9 Å². The summed E-state index contributed by atoms with van der Waals surface area (Å²) in [5.74, 6) is -1.57. The van der Waals surface area contributed by atoms with E-state index in [0.717, 1.165) is 17.6 Å². The topological polar surface area (TPSA) is 101 Å². The summed E-state index contributed by atoms with van der Waals surface area (Å²) in [7, 11) is 1.31. The quantitative estimate of drug-likeness (QED) is 0.408. The van der Waals surface area contributed by atoms with Crippen molar-refractivity contribution >= 4 is 17.7 Å². The summed E-state index contributed by atoms with van der Waals surface area (Å²) >= 11 is 0. The molecule has 0 spiro atoms. The summed E-state index contributed by atoms with van der Waals surface area (Å²) in [6.07, 6.45) is 7.15. The molecule has 0 aromatic carbocycles. The fraction of sp³-hybridized carbons (Fsp3) is 0.591. The van der Waals surface area contributed by atoms with Gasteiger partial charge in [-0.05, 0) is 43.6 Å². The van der Waals surface area contributed by atoms with Crippen LogP contribution in [0, 0.1) is 17.3 Å². The first-order valence-corrected chi connectivity index (χ1v) is 9.54. The van der Waals surface area contributed by atoms with E-state index in [2.05, 4.69) is 11.7 Å². The van der Waals surface area contributed by atoms with E-state index in [-0.39, 0.29) is 23.5 Å². The zero-order valence-electron chi connectivity index (χ0n) is 17.6. The number of Topliss-reactive ketones (excluding diaryl/α,β-unsaturated/α-hetero) is 1. The Hall–Kier alpha value is -2.21. The van der Waals surface area contributed by atoms with Crippen LogP contribution in [0.1, 0.15) is 53.9 Å². The molecule has 0 aromatic rings. The third-order valence-electron chi connectivity index (χ3n) is 5.53. The SMILES string of the molecule is CC/C=C/CC1=C(C)C(O)CC1=O.COC(=O)/C(C)=C/C1C(C(=O)O)C1(C)C. The maximum Gasteiger partial charge on any atom is 0.333 e. The molecule has 0 bridgehead atoms. The van der Waals surface area contributed by atoms with Gasteiger partial charge in [-0.25, -0.2) is 4.79 Å². The van der Waals surface area contributed by atoms with Crippen molar-refractivity contribution in [1.82, 2.24) is 0 Å². The van der Waals surface area contributed by atoms with Gasteiger partial charge in [-0.1, -0.05) is 39.0 Å². The van der Waals surface area contributed by atoms with Gasteiger partial charge in [0.2, 0.25) is 0 Å². The van der Waals surface area contributed by atoms with E-state index < -0.39 is 24.0 Å². The number of aliphatic hydroxyl groups excluding tert-OH is 1. The molecule has 0 aliphatic heterocycles. The number of carbonyl (C=O) groups excluding carboxylic acids is 2. The van der Waals surface area contributed by atoms with Gasteiger partial charge in [0.25, 0.3) is 0 Å². The van der Waals surface area contributed by atoms with Gasteiger partial charge in [0.15, 0.2) is 5.78 Å². The number of allylic oxidation sites excluding steroid dienone is 4. The first-order chi connectivity index (χ1) is 13.0. The summed E-state index contributed by atoms with van der Waals surface area (Å²) < 4.78 is 4.55. The minimum Gasteiger partial charge on any atom is -0.481 e. The van der Waals surface area contributed by atoms with E-state index in [1.165, 1.54) is 7.11 Å². The van der Waals surface area contributed by atoms with E-state index in [4.69, 9.17) is 5.11 Å². The highest BCUT2D eigenvalue weighted by molar-refractivity contribution is 5.99. The Morgan fingerprint density at radius 2 is 1.89 bits per heavy atom. The molecule has 0 radical (unpaired) electrons. The molecule has 0 saturated heterocycles. The van der Waals surface area contributed by atoms with Gasteiger partial charge in [0.1, 0.15) is 0 Å². The van der Waals surface area contributed by atoms with Crippen LogP contribution in [0.15, 0.2) is 34.9 Å². The first kappa shape index (κ1) is 23.8. The molecule has 1 fully saturated rings. The van der Waals surface area contributed by atoms with Crippen LogP contribution in [0.5, 0.6) is 0 Å². The Morgan fingerprint density at radius 1 is 1.29 bits per heavy atom. The molecule has 0 heterocycles. The van der Waals surface area contributed by atoms with Crippen molar-refractivity contribution in [2.45, 2.75) is 60.0 Å². The number of ketones is 1. The van der Waals surface area contributed by atoms with E-state index in [9.17, 15) is 19.5 Å². The van der Waals surface area contributed by atoms with Crippen LogP contribution in [0.2, 0.25) is 0 Å². The number of aliphatic carboxylic acids is 1. The van der Waals surface area contributed by atoms with E-state index in [1.54, 1.807) is 13.0 Å². The first-order valence-electron chi connectivity index (χ1n) is 9.54. The minimum atomic E-state index is -0.807. The molecule has 156 valence electrons. The van der Waals surface area contributed by atoms with Crippen LogP contribution < -0.4 is 0 Å². The van der Waals surface area contributed by atoms with Crippen LogP contribution >= 0.6 is 0 Å². The van der Waals surface area contributed by atoms with Crippen LogP contribution in [0.3, 0.4) is 0 Å². The van der Waals surface area contributed by atoms with Crippen molar-refractivity contribution in [1.29, 1.82) is 0 Å². The van der Waals surface area contributed by atoms with Gasteiger partial charge in [0, 0.05) is 17.6 Å². The second kappa shape index (κ2) is 9.82. The number of ether oxygens (including phenoxy) is 1. The number of carboxylic acids is 1. The van der Waals surface area contributed by atoms with Crippen LogP contribution in [-0.4, -0.2) is 41.1 Å². The minimum absolute atomic E-state index is 0.0749. The lowest BCUT2D eigenvalue weighted by molar-refractivity contribution is -0.139. The zero-order chi connectivity index (χ0) is 21.6. The maximum atomic E-state index is 11.3. The third-order valence-corrected chi connectivity index (χ3v) is 5.53. The van der Waals surface area contributed by atoms with E-state index in [0.29, 0.717) is 12.0 Å². The van der Waals surface area contributed by atoms with Crippen LogP contribution in [0.25, 0.3) is 0 Å². The van der Waals surface area contributed by atoms with Crippen molar-refractivity contribution < 1.29 is 29.3 Å². The number of carboxylic acid groups (broad SMARTS) is 1. The largest absolute Gasteiger partial charge is 0.481 e. The number of hydrogen-bond acceptors (Lipinski definition) is 5. The van der Waals surface area contributed by atoms with E-state index in [1.807, 2.05) is 32.9 Å². The predicted octanol–water partition coefficient (Wildman–Crippen LogP) is 3.46. The fourth-order valence-electron chi connectivity index (χ4n) is 3.47. The molecule has 6 heteroatoms. The number of methoxy groups -OCH3 is 1. The summed E-state index contributed by atoms with van der Waals surface area (Å²) in [5, 5.41) is 18.3. The molecule has 0 amide bonds. The third kappa shape index (κ3) is 5.64.